The van der Waals surface area contributed by atoms with E-state index in [2.05, 4.69) is 51.3 Å². The van der Waals surface area contributed by atoms with Crippen LogP contribution in [0.4, 0.5) is 0 Å². The molecular formula is C24H22ClN3O. The third-order valence-corrected chi connectivity index (χ3v) is 5.84. The average Bonchev–Trinajstić information content (AvgIpc) is 3.34. The van der Waals surface area contributed by atoms with Gasteiger partial charge < -0.3 is 10.1 Å². The number of aliphatic hydroxyl groups excluding tert-OH is 1. The lowest BCUT2D eigenvalue weighted by atomic mass is 10.0. The van der Waals surface area contributed by atoms with E-state index >= 15 is 0 Å². The molecule has 4 nitrogen and oxygen atoms in total. The Morgan fingerprint density at radius 3 is 2.69 bits per heavy atom. The molecule has 146 valence electrons. The second-order valence-corrected chi connectivity index (χ2v) is 8.14. The van der Waals surface area contributed by atoms with Crippen molar-refractivity contribution < 1.29 is 5.11 Å². The van der Waals surface area contributed by atoms with E-state index in [9.17, 15) is 5.11 Å². The van der Waals surface area contributed by atoms with Crippen LogP contribution in [0.15, 0.2) is 67.0 Å². The van der Waals surface area contributed by atoms with Gasteiger partial charge in [-0.3, -0.25) is 4.90 Å². The number of aromatic nitrogens is 2. The summed E-state index contributed by atoms with van der Waals surface area (Å²) in [6, 6.07) is 18.7. The zero-order chi connectivity index (χ0) is 19.8. The molecule has 2 aromatic heterocycles. The van der Waals surface area contributed by atoms with E-state index in [4.69, 9.17) is 11.6 Å². The smallest absolute Gasteiger partial charge is 0.137 e. The lowest BCUT2D eigenvalue weighted by Gasteiger charge is -2.15. The maximum Gasteiger partial charge on any atom is 0.137 e. The van der Waals surface area contributed by atoms with Gasteiger partial charge in [0.1, 0.15) is 5.65 Å². The molecular weight excluding hydrogens is 382 g/mol. The van der Waals surface area contributed by atoms with Gasteiger partial charge in [0.15, 0.2) is 0 Å². The highest BCUT2D eigenvalue weighted by atomic mass is 35.5. The summed E-state index contributed by atoms with van der Waals surface area (Å²) in [6.07, 6.45) is 4.59. The summed E-state index contributed by atoms with van der Waals surface area (Å²) < 4.78 is 0. The van der Waals surface area contributed by atoms with Gasteiger partial charge in [0.05, 0.1) is 6.10 Å². The number of likely N-dealkylation sites (tertiary alicyclic amines) is 1. The van der Waals surface area contributed by atoms with Crippen LogP contribution in [0.5, 0.6) is 0 Å². The van der Waals surface area contributed by atoms with Crippen LogP contribution in [-0.4, -0.2) is 39.2 Å². The zero-order valence-corrected chi connectivity index (χ0v) is 16.7. The third kappa shape index (κ3) is 3.79. The minimum atomic E-state index is -0.179. The van der Waals surface area contributed by atoms with Crippen molar-refractivity contribution in [2.45, 2.75) is 19.1 Å². The normalized spacial score (nSPS) is 17.2. The van der Waals surface area contributed by atoms with Crippen LogP contribution in [0.1, 0.15) is 12.0 Å². The first-order valence-corrected chi connectivity index (χ1v) is 10.3. The van der Waals surface area contributed by atoms with Crippen LogP contribution in [0.25, 0.3) is 33.3 Å². The van der Waals surface area contributed by atoms with Gasteiger partial charge in [-0.25, -0.2) is 4.98 Å². The lowest BCUT2D eigenvalue weighted by Crippen LogP contribution is -2.21. The number of aromatic amines is 1. The van der Waals surface area contributed by atoms with Gasteiger partial charge in [0.25, 0.3) is 0 Å². The van der Waals surface area contributed by atoms with E-state index in [0.717, 1.165) is 64.4 Å². The van der Waals surface area contributed by atoms with Crippen molar-refractivity contribution in [2.24, 2.45) is 0 Å². The van der Waals surface area contributed by atoms with Crippen LogP contribution >= 0.6 is 11.6 Å². The van der Waals surface area contributed by atoms with Crippen LogP contribution in [0.2, 0.25) is 5.02 Å². The Morgan fingerprint density at radius 1 is 1.07 bits per heavy atom. The van der Waals surface area contributed by atoms with Gasteiger partial charge in [-0.05, 0) is 41.3 Å². The Morgan fingerprint density at radius 2 is 1.93 bits per heavy atom. The number of H-pyrrole nitrogens is 1. The molecule has 5 rings (SSSR count). The first-order chi connectivity index (χ1) is 14.2. The number of hydrogen-bond acceptors (Lipinski definition) is 3. The molecule has 29 heavy (non-hydrogen) atoms. The van der Waals surface area contributed by atoms with Crippen LogP contribution < -0.4 is 0 Å². The summed E-state index contributed by atoms with van der Waals surface area (Å²) in [6.45, 7) is 2.61. The molecule has 1 fully saturated rings. The predicted molar refractivity (Wildman–Crippen MR) is 118 cm³/mol. The standard InChI is InChI=1S/C24H22ClN3O/c25-20-3-1-2-18(10-20)23-13-27-24-22(23)11-19(12-26-24)17-6-4-16(5-7-17)14-28-9-8-21(29)15-28/h1-7,10-13,21,29H,8-9,14-15H2,(H,26,27)/t21-/m1/s1. The average molecular weight is 404 g/mol. The van der Waals surface area contributed by atoms with Crippen molar-refractivity contribution in [3.63, 3.8) is 0 Å². The first-order valence-electron chi connectivity index (χ1n) is 9.88. The molecule has 1 saturated heterocycles. The van der Waals surface area contributed by atoms with E-state index in [0.29, 0.717) is 0 Å². The van der Waals surface area contributed by atoms with E-state index in [-0.39, 0.29) is 6.10 Å². The highest BCUT2D eigenvalue weighted by Gasteiger charge is 2.19. The molecule has 0 radical (unpaired) electrons. The fraction of sp³-hybridized carbons (Fsp3) is 0.208. The SMILES string of the molecule is O[C@@H]1CCN(Cc2ccc(-c3cnc4[nH]cc(-c5cccc(Cl)c5)c4c3)cc2)C1. The van der Waals surface area contributed by atoms with Gasteiger partial charge in [0.2, 0.25) is 0 Å². The molecule has 2 aromatic carbocycles. The molecule has 3 heterocycles. The molecule has 0 saturated carbocycles. The van der Waals surface area contributed by atoms with Gasteiger partial charge in [-0.2, -0.15) is 0 Å². The predicted octanol–water partition coefficient (Wildman–Crippen LogP) is 5.12. The highest BCUT2D eigenvalue weighted by Crippen LogP contribution is 2.32. The fourth-order valence-electron chi connectivity index (χ4n) is 4.07. The molecule has 0 spiro atoms. The first kappa shape index (κ1) is 18.4. The number of pyridine rings is 1. The summed E-state index contributed by atoms with van der Waals surface area (Å²) in [5.41, 5.74) is 6.53. The van der Waals surface area contributed by atoms with Crippen molar-refractivity contribution in [3.8, 4) is 22.3 Å². The number of halogens is 1. The van der Waals surface area contributed by atoms with E-state index < -0.39 is 0 Å². The van der Waals surface area contributed by atoms with Crippen molar-refractivity contribution in [2.75, 3.05) is 13.1 Å². The summed E-state index contributed by atoms with van der Waals surface area (Å²) in [7, 11) is 0. The Kier molecular flexibility index (Phi) is 4.84. The number of rotatable bonds is 4. The minimum absolute atomic E-state index is 0.179. The summed E-state index contributed by atoms with van der Waals surface area (Å²) in [4.78, 5) is 10.2. The Bertz CT molecular complexity index is 1150. The maximum absolute atomic E-state index is 9.70. The number of benzene rings is 2. The third-order valence-electron chi connectivity index (χ3n) is 5.61. The lowest BCUT2D eigenvalue weighted by molar-refractivity contribution is 0.175. The second-order valence-electron chi connectivity index (χ2n) is 7.71. The molecule has 4 aromatic rings. The Hall–Kier alpha value is -2.66. The van der Waals surface area contributed by atoms with E-state index in [1.807, 2.05) is 30.6 Å². The van der Waals surface area contributed by atoms with Gasteiger partial charge in [-0.1, -0.05) is 48.0 Å². The molecule has 0 aliphatic carbocycles. The second kappa shape index (κ2) is 7.64. The van der Waals surface area contributed by atoms with Crippen molar-refractivity contribution in [3.05, 3.63) is 77.6 Å². The number of hydrogen-bond donors (Lipinski definition) is 2. The number of β-amino-alcohol motifs (C(OH)–C–C–N with tert-alkyl or cyclic N) is 1. The highest BCUT2D eigenvalue weighted by molar-refractivity contribution is 6.30. The number of fused-ring (bicyclic) bond motifs is 1. The molecule has 0 unspecified atom stereocenters. The van der Waals surface area contributed by atoms with Crippen LogP contribution in [0.3, 0.4) is 0 Å². The van der Waals surface area contributed by atoms with Crippen molar-refractivity contribution in [1.29, 1.82) is 0 Å². The van der Waals surface area contributed by atoms with Gasteiger partial charge in [0, 0.05) is 53.6 Å². The quantitative estimate of drug-likeness (QED) is 0.497. The monoisotopic (exact) mass is 403 g/mol. The Balaban J connectivity index is 1.43. The Labute approximate surface area is 174 Å². The summed E-state index contributed by atoms with van der Waals surface area (Å²) >= 11 is 6.18. The number of aliphatic hydroxyl groups is 1. The molecule has 0 amide bonds. The van der Waals surface area contributed by atoms with E-state index in [1.165, 1.54) is 5.56 Å². The van der Waals surface area contributed by atoms with Crippen LogP contribution in [0, 0.1) is 0 Å². The molecule has 2 N–H and O–H groups in total. The minimum Gasteiger partial charge on any atom is -0.392 e. The largest absolute Gasteiger partial charge is 0.392 e. The topological polar surface area (TPSA) is 52.1 Å². The molecule has 0 bridgehead atoms. The maximum atomic E-state index is 9.70. The summed E-state index contributed by atoms with van der Waals surface area (Å²) in [5.74, 6) is 0. The number of nitrogens with one attached hydrogen (secondary N) is 1. The van der Waals surface area contributed by atoms with Crippen LogP contribution in [-0.2, 0) is 6.54 Å². The number of nitrogens with zero attached hydrogens (tertiary/aromatic N) is 2. The summed E-state index contributed by atoms with van der Waals surface area (Å²) in [5, 5.41) is 11.5. The van der Waals surface area contributed by atoms with Crippen molar-refractivity contribution in [1.82, 2.24) is 14.9 Å². The van der Waals surface area contributed by atoms with Gasteiger partial charge in [-0.15, -0.1) is 0 Å². The molecule has 5 heteroatoms. The molecule has 1 aliphatic rings. The fourth-order valence-corrected chi connectivity index (χ4v) is 4.26. The zero-order valence-electron chi connectivity index (χ0n) is 16.0. The van der Waals surface area contributed by atoms with Gasteiger partial charge >= 0.3 is 0 Å². The molecule has 1 aliphatic heterocycles. The van der Waals surface area contributed by atoms with E-state index in [1.54, 1.807) is 0 Å². The molecule has 1 atom stereocenters. The van der Waals surface area contributed by atoms with Crippen molar-refractivity contribution >= 4 is 22.6 Å².